The molecule has 0 saturated carbocycles. The molecule has 2 aliphatic heterocycles. The van der Waals surface area contributed by atoms with Crippen LogP contribution in [0.15, 0.2) is 41.1 Å². The van der Waals surface area contributed by atoms with Gasteiger partial charge in [0.1, 0.15) is 23.5 Å². The second-order valence-corrected chi connectivity index (χ2v) is 11.2. The van der Waals surface area contributed by atoms with Crippen molar-refractivity contribution in [3.63, 3.8) is 0 Å². The quantitative estimate of drug-likeness (QED) is 0.445. The number of aromatic nitrogens is 2. The number of amides is 2. The Balaban J connectivity index is 1.43. The Morgan fingerprint density at radius 1 is 1.16 bits per heavy atom. The Morgan fingerprint density at radius 3 is 2.59 bits per heavy atom. The van der Waals surface area contributed by atoms with E-state index in [1.165, 1.54) is 16.1 Å². The molecule has 37 heavy (non-hydrogen) atoms. The largest absolute Gasteiger partial charge is 0.494 e. The molecular formula is C26H28BrN5O5. The maximum absolute atomic E-state index is 13.0. The number of nitrogens with one attached hydrogen (secondary N) is 1. The molecule has 2 fully saturated rings. The Labute approximate surface area is 223 Å². The minimum Gasteiger partial charge on any atom is -0.494 e. The number of fused-ring (bicyclic) bond motifs is 1. The smallest absolute Gasteiger partial charge is 0.415 e. The number of aryl methyl sites for hydroxylation is 1. The van der Waals surface area contributed by atoms with Crippen molar-refractivity contribution >= 4 is 56.2 Å². The van der Waals surface area contributed by atoms with Crippen LogP contribution in [0.5, 0.6) is 5.75 Å². The first-order valence-electron chi connectivity index (χ1n) is 11.8. The van der Waals surface area contributed by atoms with Crippen molar-refractivity contribution in [3.05, 3.63) is 46.7 Å². The summed E-state index contributed by atoms with van der Waals surface area (Å²) in [5.74, 6) is 1.08. The number of rotatable bonds is 4. The van der Waals surface area contributed by atoms with Crippen molar-refractivity contribution in [1.82, 2.24) is 14.9 Å². The van der Waals surface area contributed by atoms with Gasteiger partial charge in [0.25, 0.3) is 0 Å². The van der Waals surface area contributed by atoms with Gasteiger partial charge in [-0.05, 0) is 57.5 Å². The van der Waals surface area contributed by atoms with Gasteiger partial charge in [0.05, 0.1) is 37.9 Å². The molecule has 2 saturated heterocycles. The van der Waals surface area contributed by atoms with Crippen LogP contribution in [-0.2, 0) is 9.47 Å². The fraction of sp³-hybridized carbons (Fsp3) is 0.385. The van der Waals surface area contributed by atoms with E-state index in [4.69, 9.17) is 14.2 Å². The van der Waals surface area contributed by atoms with E-state index in [-0.39, 0.29) is 19.6 Å². The fourth-order valence-electron chi connectivity index (χ4n) is 4.52. The molecule has 2 amide bonds. The zero-order valence-electron chi connectivity index (χ0n) is 21.3. The van der Waals surface area contributed by atoms with E-state index in [1.807, 2.05) is 52.0 Å². The van der Waals surface area contributed by atoms with Gasteiger partial charge in [0, 0.05) is 21.6 Å². The lowest BCUT2D eigenvalue weighted by Crippen LogP contribution is -2.66. The number of nitrogens with zero attached hydrogens (tertiary/aromatic N) is 4. The molecule has 2 aliphatic rings. The third kappa shape index (κ3) is 4.87. The number of hydrogen-bond acceptors (Lipinski definition) is 8. The number of likely N-dealkylation sites (tertiary alicyclic amines) is 1. The first-order chi connectivity index (χ1) is 17.5. The highest BCUT2D eigenvalue weighted by atomic mass is 79.9. The number of ether oxygens (including phenoxy) is 3. The number of carbonyl (C=O) groups is 2. The summed E-state index contributed by atoms with van der Waals surface area (Å²) >= 11 is 3.49. The molecule has 3 aromatic rings. The molecular weight excluding hydrogens is 542 g/mol. The van der Waals surface area contributed by atoms with E-state index < -0.39 is 23.4 Å². The molecule has 0 radical (unpaired) electrons. The van der Waals surface area contributed by atoms with Crippen LogP contribution in [0.25, 0.3) is 10.9 Å². The normalized spacial score (nSPS) is 16.5. The van der Waals surface area contributed by atoms with Crippen LogP contribution in [0.4, 0.5) is 26.8 Å². The standard InChI is InChI=1S/C26H28BrN5O5/c1-15-8-16(27)6-7-18(15)30-22-17-9-20(21(35-5)10-19(17)28-14-29-22)32-13-26(37-24(32)34)11-31(12-26)23(33)36-25(2,3)4/h6-10,14H,11-13H2,1-5H3,(H,28,29,30). The van der Waals surface area contributed by atoms with Crippen LogP contribution in [0.2, 0.25) is 0 Å². The highest BCUT2D eigenvalue weighted by molar-refractivity contribution is 9.10. The first kappa shape index (κ1) is 25.1. The molecule has 194 valence electrons. The molecule has 0 aliphatic carbocycles. The van der Waals surface area contributed by atoms with Crippen LogP contribution in [0.3, 0.4) is 0 Å². The predicted molar refractivity (Wildman–Crippen MR) is 143 cm³/mol. The molecule has 5 rings (SSSR count). The SMILES string of the molecule is COc1cc2ncnc(Nc3ccc(Br)cc3C)c2cc1N1CC2(CN(C(=O)OC(C)(C)C)C2)OC1=O. The van der Waals surface area contributed by atoms with E-state index in [0.717, 1.165) is 21.1 Å². The van der Waals surface area contributed by atoms with Gasteiger partial charge in [0.2, 0.25) is 0 Å². The third-order valence-electron chi connectivity index (χ3n) is 6.25. The highest BCUT2D eigenvalue weighted by Gasteiger charge is 2.56. The zero-order chi connectivity index (χ0) is 26.5. The summed E-state index contributed by atoms with van der Waals surface area (Å²) in [6, 6.07) is 9.53. The Morgan fingerprint density at radius 2 is 1.92 bits per heavy atom. The van der Waals surface area contributed by atoms with Gasteiger partial charge >= 0.3 is 12.2 Å². The monoisotopic (exact) mass is 569 g/mol. The second-order valence-electron chi connectivity index (χ2n) is 10.3. The molecule has 1 spiro atoms. The number of methoxy groups -OCH3 is 1. The van der Waals surface area contributed by atoms with Gasteiger partial charge < -0.3 is 19.5 Å². The Bertz CT molecular complexity index is 1400. The number of benzene rings is 2. The van der Waals surface area contributed by atoms with Gasteiger partial charge in [0.15, 0.2) is 5.60 Å². The maximum Gasteiger partial charge on any atom is 0.415 e. The lowest BCUT2D eigenvalue weighted by molar-refractivity contribution is -0.0779. The van der Waals surface area contributed by atoms with E-state index in [9.17, 15) is 9.59 Å². The molecule has 0 bridgehead atoms. The van der Waals surface area contributed by atoms with Crippen LogP contribution >= 0.6 is 15.9 Å². The topological polar surface area (TPSA) is 106 Å². The average Bonchev–Trinajstić information content (AvgIpc) is 3.15. The van der Waals surface area contributed by atoms with E-state index >= 15 is 0 Å². The summed E-state index contributed by atoms with van der Waals surface area (Å²) in [5, 5.41) is 4.10. The molecule has 1 aromatic heterocycles. The molecule has 1 N–H and O–H groups in total. The minimum atomic E-state index is -0.795. The van der Waals surface area contributed by atoms with Gasteiger partial charge in [-0.2, -0.15) is 0 Å². The zero-order valence-corrected chi connectivity index (χ0v) is 22.9. The predicted octanol–water partition coefficient (Wildman–Crippen LogP) is 5.40. The van der Waals surface area contributed by atoms with Crippen molar-refractivity contribution in [2.45, 2.75) is 38.9 Å². The number of halogens is 1. The van der Waals surface area contributed by atoms with Crippen molar-refractivity contribution in [1.29, 1.82) is 0 Å². The number of carbonyl (C=O) groups excluding carboxylic acids is 2. The lowest BCUT2D eigenvalue weighted by atomic mass is 9.94. The summed E-state index contributed by atoms with van der Waals surface area (Å²) in [5.41, 5.74) is 1.75. The van der Waals surface area contributed by atoms with Gasteiger partial charge in [-0.25, -0.2) is 19.6 Å². The van der Waals surface area contributed by atoms with Gasteiger partial charge in [-0.3, -0.25) is 9.80 Å². The van der Waals surface area contributed by atoms with E-state index in [0.29, 0.717) is 22.8 Å². The van der Waals surface area contributed by atoms with Crippen LogP contribution in [-0.4, -0.2) is 65.0 Å². The Hall–Kier alpha value is -3.60. The van der Waals surface area contributed by atoms with Gasteiger partial charge in [-0.15, -0.1) is 0 Å². The van der Waals surface area contributed by atoms with Gasteiger partial charge in [-0.1, -0.05) is 15.9 Å². The number of hydrogen-bond donors (Lipinski definition) is 1. The maximum atomic E-state index is 13.0. The molecule has 3 heterocycles. The Kier molecular flexibility index (Phi) is 6.13. The molecule has 11 heteroatoms. The van der Waals surface area contributed by atoms with Crippen LogP contribution < -0.4 is 15.0 Å². The third-order valence-corrected chi connectivity index (χ3v) is 6.74. The summed E-state index contributed by atoms with van der Waals surface area (Å²) in [6.07, 6.45) is 0.556. The van der Waals surface area contributed by atoms with E-state index in [2.05, 4.69) is 31.2 Å². The summed E-state index contributed by atoms with van der Waals surface area (Å²) in [7, 11) is 1.54. The molecule has 0 unspecified atom stereocenters. The molecule has 2 aromatic carbocycles. The molecule has 10 nitrogen and oxygen atoms in total. The fourth-order valence-corrected chi connectivity index (χ4v) is 5.00. The molecule has 0 atom stereocenters. The van der Waals surface area contributed by atoms with Crippen LogP contribution in [0.1, 0.15) is 26.3 Å². The summed E-state index contributed by atoms with van der Waals surface area (Å²) in [4.78, 5) is 37.3. The highest BCUT2D eigenvalue weighted by Crippen LogP contribution is 2.41. The minimum absolute atomic E-state index is 0.263. The van der Waals surface area contributed by atoms with Crippen molar-refractivity contribution in [3.8, 4) is 5.75 Å². The van der Waals surface area contributed by atoms with Crippen molar-refractivity contribution < 1.29 is 23.8 Å². The van der Waals surface area contributed by atoms with Crippen LogP contribution in [0, 0.1) is 6.92 Å². The van der Waals surface area contributed by atoms with Crippen molar-refractivity contribution in [2.75, 3.05) is 37.0 Å². The average molecular weight is 570 g/mol. The van der Waals surface area contributed by atoms with Crippen molar-refractivity contribution in [2.24, 2.45) is 0 Å². The first-order valence-corrected chi connectivity index (χ1v) is 12.6. The summed E-state index contributed by atoms with van der Waals surface area (Å²) < 4.78 is 17.8. The second kappa shape index (κ2) is 9.05. The summed E-state index contributed by atoms with van der Waals surface area (Å²) in [6.45, 7) is 8.24. The lowest BCUT2D eigenvalue weighted by Gasteiger charge is -2.45. The van der Waals surface area contributed by atoms with E-state index in [1.54, 1.807) is 13.2 Å². The number of anilines is 3.